The number of nitrogens with two attached hydrogens (primary N) is 1. The van der Waals surface area contributed by atoms with Gasteiger partial charge in [-0.3, -0.25) is 0 Å². The average Bonchev–Trinajstić information content (AvgIpc) is 2.39. The van der Waals surface area contributed by atoms with Crippen LogP contribution in [0.4, 0.5) is 0 Å². The van der Waals surface area contributed by atoms with E-state index in [0.29, 0.717) is 15.6 Å². The lowest BCUT2D eigenvalue weighted by molar-refractivity contribution is 0.585. The van der Waals surface area contributed by atoms with Crippen LogP contribution >= 0.6 is 23.2 Å². The topological polar surface area (TPSA) is 84.5 Å². The van der Waals surface area contributed by atoms with Gasteiger partial charge in [0.05, 0.1) is 0 Å². The molecule has 1 aliphatic rings. The number of hydrogen-bond donors (Lipinski definition) is 2. The van der Waals surface area contributed by atoms with E-state index >= 15 is 0 Å². The zero-order valence-electron chi connectivity index (χ0n) is 7.81. The van der Waals surface area contributed by atoms with E-state index in [0.717, 1.165) is 0 Å². The van der Waals surface area contributed by atoms with Crippen molar-refractivity contribution in [2.75, 3.05) is 0 Å². The van der Waals surface area contributed by atoms with E-state index in [9.17, 15) is 8.42 Å². The number of nitrogens with one attached hydrogen (secondary N) is 1. The minimum atomic E-state index is -3.70. The summed E-state index contributed by atoms with van der Waals surface area (Å²) in [5.41, 5.74) is 6.03. The summed E-state index contributed by atoms with van der Waals surface area (Å²) in [6.07, 6.45) is 0. The quantitative estimate of drug-likeness (QED) is 0.811. The van der Waals surface area contributed by atoms with E-state index in [4.69, 9.17) is 28.9 Å². The van der Waals surface area contributed by atoms with Crippen LogP contribution in [0.5, 0.6) is 0 Å². The zero-order valence-corrected chi connectivity index (χ0v) is 10.1. The van der Waals surface area contributed by atoms with Gasteiger partial charge in [0.2, 0.25) is 0 Å². The molecule has 0 fully saturated rings. The maximum Gasteiger partial charge on any atom is 0.322 e. The van der Waals surface area contributed by atoms with Crippen molar-refractivity contribution in [3.05, 3.63) is 33.8 Å². The maximum absolute atomic E-state index is 11.2. The van der Waals surface area contributed by atoms with Gasteiger partial charge in [-0.15, -0.1) is 4.40 Å². The van der Waals surface area contributed by atoms with Crippen LogP contribution in [0.25, 0.3) is 0 Å². The van der Waals surface area contributed by atoms with Gasteiger partial charge in [0.15, 0.2) is 0 Å². The number of benzene rings is 1. The van der Waals surface area contributed by atoms with Gasteiger partial charge in [-0.25, -0.2) is 0 Å². The molecule has 0 aromatic heterocycles. The van der Waals surface area contributed by atoms with E-state index in [2.05, 4.69) is 9.12 Å². The van der Waals surface area contributed by atoms with Gasteiger partial charge in [0, 0.05) is 10.0 Å². The lowest BCUT2D eigenvalue weighted by atomic mass is 10.1. The number of amidine groups is 1. The summed E-state index contributed by atoms with van der Waals surface area (Å²) in [4.78, 5) is 0. The standard InChI is InChI=1S/C8H7Cl2N3O2S/c9-4-1-2-5(6(10)3-4)7-8(11)13-16(14,15)12-7/h1-3,7,12H,(H2,11,13). The van der Waals surface area contributed by atoms with Gasteiger partial charge in [0.1, 0.15) is 11.9 Å². The highest BCUT2D eigenvalue weighted by Crippen LogP contribution is 2.29. The van der Waals surface area contributed by atoms with E-state index in [1.807, 2.05) is 0 Å². The maximum atomic E-state index is 11.2. The SMILES string of the molecule is NC1=NS(=O)(=O)NC1c1ccc(Cl)cc1Cl. The Hall–Kier alpha value is -0.820. The predicted octanol–water partition coefficient (Wildman–Crippen LogP) is 1.24. The highest BCUT2D eigenvalue weighted by Gasteiger charge is 2.31. The number of hydrogen-bond acceptors (Lipinski definition) is 3. The molecular weight excluding hydrogens is 273 g/mol. The Bertz CT molecular complexity index is 571. The molecular formula is C8H7Cl2N3O2S. The molecule has 8 heteroatoms. The first-order valence-electron chi connectivity index (χ1n) is 4.21. The molecule has 1 aliphatic heterocycles. The molecule has 0 bridgehead atoms. The Morgan fingerprint density at radius 2 is 2.06 bits per heavy atom. The van der Waals surface area contributed by atoms with Crippen LogP contribution in [0.15, 0.2) is 22.6 Å². The molecule has 3 N–H and O–H groups in total. The average molecular weight is 280 g/mol. The van der Waals surface area contributed by atoms with E-state index in [1.54, 1.807) is 12.1 Å². The summed E-state index contributed by atoms with van der Waals surface area (Å²) >= 11 is 11.7. The lowest BCUT2D eigenvalue weighted by Gasteiger charge is -2.11. The molecule has 86 valence electrons. The van der Waals surface area contributed by atoms with Crippen LogP contribution in [-0.2, 0) is 10.2 Å². The first-order valence-corrected chi connectivity index (χ1v) is 6.41. The van der Waals surface area contributed by atoms with Crippen molar-refractivity contribution in [3.63, 3.8) is 0 Å². The molecule has 0 spiro atoms. The second-order valence-electron chi connectivity index (χ2n) is 3.21. The lowest BCUT2D eigenvalue weighted by Crippen LogP contribution is -2.28. The Morgan fingerprint density at radius 1 is 1.38 bits per heavy atom. The molecule has 16 heavy (non-hydrogen) atoms. The molecule has 1 atom stereocenters. The molecule has 1 aromatic carbocycles. The highest BCUT2D eigenvalue weighted by molar-refractivity contribution is 7.88. The van der Waals surface area contributed by atoms with Crippen molar-refractivity contribution in [2.24, 2.45) is 10.1 Å². The smallest absolute Gasteiger partial charge is 0.322 e. The summed E-state index contributed by atoms with van der Waals surface area (Å²) in [5.74, 6) is -0.0378. The summed E-state index contributed by atoms with van der Waals surface area (Å²) in [6, 6.07) is 3.99. The third-order valence-electron chi connectivity index (χ3n) is 2.06. The van der Waals surface area contributed by atoms with Crippen LogP contribution < -0.4 is 10.5 Å². The van der Waals surface area contributed by atoms with Gasteiger partial charge in [-0.05, 0) is 17.7 Å². The molecule has 1 unspecified atom stereocenters. The van der Waals surface area contributed by atoms with Crippen molar-refractivity contribution in [1.29, 1.82) is 0 Å². The normalized spacial score (nSPS) is 23.1. The fourth-order valence-electron chi connectivity index (χ4n) is 1.39. The molecule has 0 saturated heterocycles. The Balaban J connectivity index is 2.45. The molecule has 1 heterocycles. The molecule has 0 aliphatic carbocycles. The van der Waals surface area contributed by atoms with Gasteiger partial charge in [-0.2, -0.15) is 13.1 Å². The number of rotatable bonds is 1. The van der Waals surface area contributed by atoms with E-state index in [1.165, 1.54) is 6.07 Å². The van der Waals surface area contributed by atoms with Crippen LogP contribution in [0.2, 0.25) is 10.0 Å². The second kappa shape index (κ2) is 3.89. The molecule has 0 radical (unpaired) electrons. The number of halogens is 2. The van der Waals surface area contributed by atoms with Crippen molar-refractivity contribution < 1.29 is 8.42 Å². The third-order valence-corrected chi connectivity index (χ3v) is 3.61. The second-order valence-corrected chi connectivity index (χ2v) is 5.42. The molecule has 5 nitrogen and oxygen atoms in total. The van der Waals surface area contributed by atoms with Crippen molar-refractivity contribution in [2.45, 2.75) is 6.04 Å². The van der Waals surface area contributed by atoms with Gasteiger partial charge in [0.25, 0.3) is 0 Å². The summed E-state index contributed by atoms with van der Waals surface area (Å²) in [7, 11) is -3.70. The first kappa shape index (κ1) is 11.7. The third kappa shape index (κ3) is 2.15. The minimum Gasteiger partial charge on any atom is -0.385 e. The van der Waals surface area contributed by atoms with Crippen LogP contribution in [0, 0.1) is 0 Å². The van der Waals surface area contributed by atoms with Crippen LogP contribution in [0.3, 0.4) is 0 Å². The summed E-state index contributed by atoms with van der Waals surface area (Å²) in [6.45, 7) is 0. The molecule has 1 aromatic rings. The van der Waals surface area contributed by atoms with Crippen molar-refractivity contribution >= 4 is 39.2 Å². The Kier molecular flexibility index (Phi) is 2.83. The zero-order chi connectivity index (χ0) is 11.9. The van der Waals surface area contributed by atoms with Crippen LogP contribution in [0.1, 0.15) is 11.6 Å². The summed E-state index contributed by atoms with van der Waals surface area (Å²) < 4.78 is 27.9. The van der Waals surface area contributed by atoms with E-state index in [-0.39, 0.29) is 5.84 Å². The predicted molar refractivity (Wildman–Crippen MR) is 62.9 cm³/mol. The Labute approximate surface area is 102 Å². The summed E-state index contributed by atoms with van der Waals surface area (Å²) in [5, 5.41) is 0.797. The highest BCUT2D eigenvalue weighted by atomic mass is 35.5. The molecule has 0 saturated carbocycles. The molecule has 2 rings (SSSR count). The van der Waals surface area contributed by atoms with Gasteiger partial charge >= 0.3 is 10.2 Å². The Morgan fingerprint density at radius 3 is 2.56 bits per heavy atom. The van der Waals surface area contributed by atoms with E-state index < -0.39 is 16.3 Å². The monoisotopic (exact) mass is 279 g/mol. The fraction of sp³-hybridized carbons (Fsp3) is 0.125. The van der Waals surface area contributed by atoms with Crippen molar-refractivity contribution in [1.82, 2.24) is 4.72 Å². The van der Waals surface area contributed by atoms with Gasteiger partial charge in [-0.1, -0.05) is 29.3 Å². The number of nitrogens with zero attached hydrogens (tertiary/aromatic N) is 1. The van der Waals surface area contributed by atoms with Crippen LogP contribution in [-0.4, -0.2) is 14.3 Å². The van der Waals surface area contributed by atoms with Gasteiger partial charge < -0.3 is 5.73 Å². The van der Waals surface area contributed by atoms with Crippen molar-refractivity contribution in [3.8, 4) is 0 Å². The fourth-order valence-corrected chi connectivity index (χ4v) is 2.88. The molecule has 0 amide bonds. The minimum absolute atomic E-state index is 0.0378. The largest absolute Gasteiger partial charge is 0.385 e. The first-order chi connectivity index (χ1) is 7.39.